The lowest BCUT2D eigenvalue weighted by Crippen LogP contribution is -2.36. The summed E-state index contributed by atoms with van der Waals surface area (Å²) in [5.41, 5.74) is 4.27. The maximum absolute atomic E-state index is 5.42. The van der Waals surface area contributed by atoms with Crippen LogP contribution >= 0.6 is 12.2 Å². The minimum atomic E-state index is 0.697. The van der Waals surface area contributed by atoms with Gasteiger partial charge in [-0.25, -0.2) is 4.68 Å². The second-order valence-electron chi connectivity index (χ2n) is 5.84. The largest absolute Gasteiger partial charge is 0.363 e. The van der Waals surface area contributed by atoms with Crippen molar-refractivity contribution < 1.29 is 0 Å². The van der Waals surface area contributed by atoms with Gasteiger partial charge in [0.1, 0.15) is 0 Å². The Balaban J connectivity index is 1.97. The second-order valence-corrected chi connectivity index (χ2v) is 6.23. The number of benzene rings is 2. The Morgan fingerprint density at radius 3 is 2.36 bits per heavy atom. The van der Waals surface area contributed by atoms with Gasteiger partial charge in [-0.3, -0.25) is 0 Å². The molecular formula is C20H22N4S. The fourth-order valence-corrected chi connectivity index (χ4v) is 2.90. The van der Waals surface area contributed by atoms with Crippen molar-refractivity contribution in [2.24, 2.45) is 0 Å². The Morgan fingerprint density at radius 2 is 1.72 bits per heavy atom. The van der Waals surface area contributed by atoms with E-state index in [4.69, 9.17) is 17.3 Å². The lowest BCUT2D eigenvalue weighted by Gasteiger charge is -2.20. The molecule has 0 atom stereocenters. The lowest BCUT2D eigenvalue weighted by atomic mass is 10.1. The molecule has 0 spiro atoms. The van der Waals surface area contributed by atoms with Gasteiger partial charge in [-0.1, -0.05) is 48.5 Å². The molecule has 1 heterocycles. The minimum absolute atomic E-state index is 0.697. The molecule has 25 heavy (non-hydrogen) atoms. The summed E-state index contributed by atoms with van der Waals surface area (Å²) in [6.45, 7) is 3.56. The van der Waals surface area contributed by atoms with Crippen LogP contribution in [0.15, 0.2) is 66.9 Å². The van der Waals surface area contributed by atoms with Gasteiger partial charge in [0.25, 0.3) is 0 Å². The molecular weight excluding hydrogens is 328 g/mol. The molecule has 0 aliphatic rings. The third-order valence-corrected chi connectivity index (χ3v) is 4.40. The van der Waals surface area contributed by atoms with Crippen molar-refractivity contribution in [3.05, 3.63) is 72.4 Å². The fourth-order valence-electron chi connectivity index (χ4n) is 2.69. The van der Waals surface area contributed by atoms with E-state index in [9.17, 15) is 0 Å². The Kier molecular flexibility index (Phi) is 5.46. The van der Waals surface area contributed by atoms with Crippen molar-refractivity contribution in [3.63, 3.8) is 0 Å². The lowest BCUT2D eigenvalue weighted by molar-refractivity contribution is 0.491. The zero-order chi connectivity index (χ0) is 17.6. The van der Waals surface area contributed by atoms with Crippen LogP contribution in [0.4, 0.5) is 0 Å². The second kappa shape index (κ2) is 7.94. The average molecular weight is 350 g/mol. The maximum atomic E-state index is 5.42. The Bertz CT molecular complexity index is 827. The van der Waals surface area contributed by atoms with Crippen LogP contribution in [-0.2, 0) is 6.54 Å². The number of nitrogens with one attached hydrogen (secondary N) is 1. The first-order valence-corrected chi connectivity index (χ1v) is 8.78. The summed E-state index contributed by atoms with van der Waals surface area (Å²) in [4.78, 5) is 2.04. The van der Waals surface area contributed by atoms with E-state index in [0.29, 0.717) is 6.54 Å². The van der Waals surface area contributed by atoms with Crippen LogP contribution in [0.5, 0.6) is 0 Å². The van der Waals surface area contributed by atoms with Gasteiger partial charge >= 0.3 is 0 Å². The molecule has 2 aromatic carbocycles. The predicted molar refractivity (Wildman–Crippen MR) is 107 cm³/mol. The van der Waals surface area contributed by atoms with Crippen molar-refractivity contribution >= 4 is 17.3 Å². The van der Waals surface area contributed by atoms with Crippen molar-refractivity contribution in [3.8, 4) is 16.9 Å². The molecule has 5 heteroatoms. The summed E-state index contributed by atoms with van der Waals surface area (Å²) in [6.07, 6.45) is 2.09. The zero-order valence-corrected chi connectivity index (χ0v) is 15.3. The molecule has 0 saturated heterocycles. The zero-order valence-electron chi connectivity index (χ0n) is 14.5. The third kappa shape index (κ3) is 4.06. The van der Waals surface area contributed by atoms with E-state index in [-0.39, 0.29) is 0 Å². The molecule has 3 rings (SSSR count). The maximum Gasteiger partial charge on any atom is 0.168 e. The van der Waals surface area contributed by atoms with E-state index in [1.807, 2.05) is 60.0 Å². The minimum Gasteiger partial charge on any atom is -0.363 e. The van der Waals surface area contributed by atoms with Crippen molar-refractivity contribution in [1.29, 1.82) is 0 Å². The number of hydrogen-bond acceptors (Lipinski definition) is 2. The molecule has 4 nitrogen and oxygen atoms in total. The van der Waals surface area contributed by atoms with E-state index in [0.717, 1.165) is 34.2 Å². The summed E-state index contributed by atoms with van der Waals surface area (Å²) in [5.74, 6) is 0. The highest BCUT2D eigenvalue weighted by Gasteiger charge is 2.15. The first-order valence-electron chi connectivity index (χ1n) is 8.37. The van der Waals surface area contributed by atoms with Gasteiger partial charge in [0.2, 0.25) is 0 Å². The first kappa shape index (κ1) is 17.2. The molecule has 0 saturated carbocycles. The van der Waals surface area contributed by atoms with Crippen LogP contribution in [0, 0.1) is 0 Å². The van der Waals surface area contributed by atoms with Gasteiger partial charge in [-0.2, -0.15) is 5.10 Å². The van der Waals surface area contributed by atoms with Crippen molar-refractivity contribution in [2.45, 2.75) is 13.5 Å². The summed E-state index contributed by atoms with van der Waals surface area (Å²) < 4.78 is 1.93. The molecule has 0 radical (unpaired) electrons. The number of hydrogen-bond donors (Lipinski definition) is 1. The van der Waals surface area contributed by atoms with Crippen molar-refractivity contribution in [1.82, 2.24) is 20.0 Å². The normalized spacial score (nSPS) is 10.5. The third-order valence-electron chi connectivity index (χ3n) is 3.94. The molecule has 0 aliphatic heterocycles. The number of rotatable bonds is 5. The Morgan fingerprint density at radius 1 is 1.08 bits per heavy atom. The molecule has 0 amide bonds. The number of nitrogens with zero attached hydrogens (tertiary/aromatic N) is 3. The highest BCUT2D eigenvalue weighted by molar-refractivity contribution is 7.80. The van der Waals surface area contributed by atoms with Crippen LogP contribution in [0.2, 0.25) is 0 Å². The van der Waals surface area contributed by atoms with Crippen LogP contribution < -0.4 is 5.32 Å². The molecule has 0 unspecified atom stereocenters. The quantitative estimate of drug-likeness (QED) is 0.708. The predicted octanol–water partition coefficient (Wildman–Crippen LogP) is 3.87. The SMILES string of the molecule is CCNC(=S)N(C)Cc1cn(-c2ccccc2)nc1-c1ccccc1. The topological polar surface area (TPSA) is 33.1 Å². The van der Waals surface area contributed by atoms with Crippen LogP contribution in [0.1, 0.15) is 12.5 Å². The molecule has 1 N–H and O–H groups in total. The standard InChI is InChI=1S/C20H22N4S/c1-3-21-20(25)23(2)14-17-15-24(18-12-8-5-9-13-18)22-19(17)16-10-6-4-7-11-16/h4-13,15H,3,14H2,1-2H3,(H,21,25). The van der Waals surface area contributed by atoms with Crippen LogP contribution in [0.3, 0.4) is 0 Å². The van der Waals surface area contributed by atoms with Gasteiger partial charge in [0.05, 0.1) is 11.4 Å². The van der Waals surface area contributed by atoms with E-state index in [2.05, 4.69) is 35.8 Å². The van der Waals surface area contributed by atoms with E-state index < -0.39 is 0 Å². The van der Waals surface area contributed by atoms with Gasteiger partial charge in [0, 0.05) is 37.5 Å². The van der Waals surface area contributed by atoms with Gasteiger partial charge in [0.15, 0.2) is 5.11 Å². The van der Waals surface area contributed by atoms with Crippen LogP contribution in [-0.4, -0.2) is 33.4 Å². The van der Waals surface area contributed by atoms with E-state index in [1.54, 1.807) is 0 Å². The smallest absolute Gasteiger partial charge is 0.168 e. The summed E-state index contributed by atoms with van der Waals surface area (Å²) >= 11 is 5.42. The molecule has 3 aromatic rings. The van der Waals surface area contributed by atoms with Gasteiger partial charge in [-0.15, -0.1) is 0 Å². The number of thiocarbonyl (C=S) groups is 1. The molecule has 1 aromatic heterocycles. The molecule has 0 bridgehead atoms. The fraction of sp³-hybridized carbons (Fsp3) is 0.200. The van der Waals surface area contributed by atoms with E-state index in [1.165, 1.54) is 0 Å². The molecule has 0 aliphatic carbocycles. The van der Waals surface area contributed by atoms with E-state index >= 15 is 0 Å². The monoisotopic (exact) mass is 350 g/mol. The van der Waals surface area contributed by atoms with Crippen molar-refractivity contribution in [2.75, 3.05) is 13.6 Å². The molecule has 0 fully saturated rings. The first-order chi connectivity index (χ1) is 12.2. The summed E-state index contributed by atoms with van der Waals surface area (Å²) in [5, 5.41) is 8.77. The Labute approximate surface area is 154 Å². The van der Waals surface area contributed by atoms with Gasteiger partial charge < -0.3 is 10.2 Å². The summed E-state index contributed by atoms with van der Waals surface area (Å²) in [6, 6.07) is 20.4. The highest BCUT2D eigenvalue weighted by Crippen LogP contribution is 2.24. The highest BCUT2D eigenvalue weighted by atomic mass is 32.1. The number of para-hydroxylation sites is 1. The molecule has 128 valence electrons. The summed E-state index contributed by atoms with van der Waals surface area (Å²) in [7, 11) is 2.00. The Hall–Kier alpha value is -2.66. The average Bonchev–Trinajstić information content (AvgIpc) is 3.07. The van der Waals surface area contributed by atoms with Gasteiger partial charge in [-0.05, 0) is 31.3 Å². The van der Waals surface area contributed by atoms with Crippen LogP contribution in [0.25, 0.3) is 16.9 Å². The number of aromatic nitrogens is 2.